The van der Waals surface area contributed by atoms with Crippen molar-refractivity contribution in [3.63, 3.8) is 0 Å². The number of carbonyl (C=O) groups is 1. The fourth-order valence-corrected chi connectivity index (χ4v) is 1.32. The largest absolute Gasteiger partial charge is 0.294 e. The van der Waals surface area contributed by atoms with Gasteiger partial charge in [0, 0.05) is 17.9 Å². The lowest BCUT2D eigenvalue weighted by Crippen LogP contribution is -2.10. The van der Waals surface area contributed by atoms with Crippen LogP contribution in [0.5, 0.6) is 0 Å². The second-order valence-electron chi connectivity index (χ2n) is 3.37. The van der Waals surface area contributed by atoms with E-state index in [1.54, 1.807) is 0 Å². The molecule has 1 unspecified atom stereocenters. The van der Waals surface area contributed by atoms with E-state index in [1.807, 2.05) is 37.3 Å². The smallest absolute Gasteiger partial charge is 0.165 e. The Bertz CT molecular complexity index is 332. The maximum Gasteiger partial charge on any atom is 0.165 e. The van der Waals surface area contributed by atoms with Crippen LogP contribution >= 0.6 is 0 Å². The number of ketones is 1. The molecule has 0 saturated carbocycles. The average Bonchev–Trinajstić information content (AvgIpc) is 2.26. The molecule has 0 aliphatic carbocycles. The molecular formula is C13H14O. The van der Waals surface area contributed by atoms with Gasteiger partial charge in [0.15, 0.2) is 5.78 Å². The first-order chi connectivity index (χ1) is 6.75. The predicted octanol–water partition coefficient (Wildman–Crippen LogP) is 2.92. The molecule has 0 heterocycles. The topological polar surface area (TPSA) is 17.1 Å². The van der Waals surface area contributed by atoms with E-state index in [0.717, 1.165) is 12.0 Å². The van der Waals surface area contributed by atoms with Crippen LogP contribution in [0, 0.1) is 18.3 Å². The molecule has 1 heteroatoms. The molecule has 1 aromatic carbocycles. The van der Waals surface area contributed by atoms with Gasteiger partial charge >= 0.3 is 0 Å². The molecule has 0 fully saturated rings. The Morgan fingerprint density at radius 2 is 2.07 bits per heavy atom. The minimum Gasteiger partial charge on any atom is -0.294 e. The third kappa shape index (κ3) is 2.74. The number of hydrogen-bond donors (Lipinski definition) is 0. The third-order valence-electron chi connectivity index (χ3n) is 2.23. The van der Waals surface area contributed by atoms with Gasteiger partial charge in [-0.15, -0.1) is 12.3 Å². The maximum atomic E-state index is 11.8. The minimum absolute atomic E-state index is 0.0217. The van der Waals surface area contributed by atoms with Crippen LogP contribution in [0.4, 0.5) is 0 Å². The maximum absolute atomic E-state index is 11.8. The molecule has 72 valence electrons. The second kappa shape index (κ2) is 5.24. The van der Waals surface area contributed by atoms with Gasteiger partial charge in [0.1, 0.15) is 0 Å². The molecule has 1 atom stereocenters. The van der Waals surface area contributed by atoms with Gasteiger partial charge in [0.05, 0.1) is 0 Å². The highest BCUT2D eigenvalue weighted by Crippen LogP contribution is 2.13. The molecule has 0 N–H and O–H groups in total. The lowest BCUT2D eigenvalue weighted by Gasteiger charge is -2.07. The third-order valence-corrected chi connectivity index (χ3v) is 2.23. The van der Waals surface area contributed by atoms with Crippen LogP contribution in [0.25, 0.3) is 0 Å². The molecule has 0 saturated heterocycles. The highest BCUT2D eigenvalue weighted by molar-refractivity contribution is 5.97. The monoisotopic (exact) mass is 186 g/mol. The highest BCUT2D eigenvalue weighted by Gasteiger charge is 2.13. The Labute approximate surface area is 85.1 Å². The number of hydrogen-bond acceptors (Lipinski definition) is 1. The summed E-state index contributed by atoms with van der Waals surface area (Å²) in [6.45, 7) is 1.92. The Morgan fingerprint density at radius 1 is 1.43 bits per heavy atom. The molecule has 0 aromatic heterocycles. The normalized spacial score (nSPS) is 11.7. The van der Waals surface area contributed by atoms with E-state index in [4.69, 9.17) is 6.42 Å². The molecule has 0 aliphatic heterocycles. The zero-order valence-electron chi connectivity index (χ0n) is 8.36. The molecule has 0 bridgehead atoms. The Morgan fingerprint density at radius 3 is 2.64 bits per heavy atom. The van der Waals surface area contributed by atoms with Crippen molar-refractivity contribution in [3.05, 3.63) is 35.9 Å². The van der Waals surface area contributed by atoms with Gasteiger partial charge < -0.3 is 0 Å². The summed E-state index contributed by atoms with van der Waals surface area (Å²) in [6.07, 6.45) is 6.59. The summed E-state index contributed by atoms with van der Waals surface area (Å²) >= 11 is 0. The molecular weight excluding hydrogens is 172 g/mol. The van der Waals surface area contributed by atoms with Gasteiger partial charge in [0.2, 0.25) is 0 Å². The van der Waals surface area contributed by atoms with E-state index in [1.165, 1.54) is 0 Å². The van der Waals surface area contributed by atoms with Crippen molar-refractivity contribution in [1.82, 2.24) is 0 Å². The van der Waals surface area contributed by atoms with Crippen LogP contribution in [0.1, 0.15) is 30.1 Å². The fourth-order valence-electron chi connectivity index (χ4n) is 1.32. The molecule has 0 aliphatic rings. The van der Waals surface area contributed by atoms with E-state index < -0.39 is 0 Å². The summed E-state index contributed by atoms with van der Waals surface area (Å²) < 4.78 is 0. The first kappa shape index (κ1) is 10.5. The summed E-state index contributed by atoms with van der Waals surface area (Å²) in [5, 5.41) is 0. The molecule has 0 radical (unpaired) electrons. The van der Waals surface area contributed by atoms with Gasteiger partial charge in [-0.25, -0.2) is 0 Å². The minimum atomic E-state index is 0.0217. The lowest BCUT2D eigenvalue weighted by atomic mass is 9.95. The van der Waals surface area contributed by atoms with Gasteiger partial charge in [-0.1, -0.05) is 37.3 Å². The molecule has 1 rings (SSSR count). The SMILES string of the molecule is C#CCCC(C)C(=O)c1ccccc1. The van der Waals surface area contributed by atoms with Crippen LogP contribution in [0.15, 0.2) is 30.3 Å². The van der Waals surface area contributed by atoms with Crippen molar-refractivity contribution in [2.45, 2.75) is 19.8 Å². The molecule has 0 spiro atoms. The van der Waals surface area contributed by atoms with Crippen LogP contribution in [0.2, 0.25) is 0 Å². The number of benzene rings is 1. The summed E-state index contributed by atoms with van der Waals surface area (Å²) in [6, 6.07) is 9.34. The van der Waals surface area contributed by atoms with Crippen LogP contribution < -0.4 is 0 Å². The number of terminal acetylenes is 1. The highest BCUT2D eigenvalue weighted by atomic mass is 16.1. The van der Waals surface area contributed by atoms with Crippen molar-refractivity contribution in [2.75, 3.05) is 0 Å². The van der Waals surface area contributed by atoms with Gasteiger partial charge in [-0.3, -0.25) is 4.79 Å². The van der Waals surface area contributed by atoms with Crippen molar-refractivity contribution in [1.29, 1.82) is 0 Å². The summed E-state index contributed by atoms with van der Waals surface area (Å²) in [5.41, 5.74) is 0.775. The summed E-state index contributed by atoms with van der Waals surface area (Å²) in [5.74, 6) is 2.76. The van der Waals surface area contributed by atoms with Crippen molar-refractivity contribution < 1.29 is 4.79 Å². The fraction of sp³-hybridized carbons (Fsp3) is 0.308. The lowest BCUT2D eigenvalue weighted by molar-refractivity contribution is 0.0925. The molecule has 14 heavy (non-hydrogen) atoms. The van der Waals surface area contributed by atoms with Crippen molar-refractivity contribution >= 4 is 5.78 Å². The number of carbonyl (C=O) groups excluding carboxylic acids is 1. The number of rotatable bonds is 4. The first-order valence-corrected chi connectivity index (χ1v) is 4.78. The standard InChI is InChI=1S/C13H14O/c1-3-4-8-11(2)13(14)12-9-6-5-7-10-12/h1,5-7,9-11H,4,8H2,2H3. The zero-order chi connectivity index (χ0) is 10.4. The Hall–Kier alpha value is -1.55. The van der Waals surface area contributed by atoms with E-state index in [0.29, 0.717) is 6.42 Å². The Kier molecular flexibility index (Phi) is 3.94. The van der Waals surface area contributed by atoms with E-state index in [2.05, 4.69) is 5.92 Å². The van der Waals surface area contributed by atoms with Gasteiger partial charge in [-0.05, 0) is 6.42 Å². The Balaban J connectivity index is 2.63. The zero-order valence-corrected chi connectivity index (χ0v) is 8.36. The quantitative estimate of drug-likeness (QED) is 0.522. The second-order valence-corrected chi connectivity index (χ2v) is 3.37. The van der Waals surface area contributed by atoms with Crippen LogP contribution in [-0.2, 0) is 0 Å². The molecule has 1 nitrogen and oxygen atoms in total. The van der Waals surface area contributed by atoms with Gasteiger partial charge in [0.25, 0.3) is 0 Å². The molecule has 0 amide bonds. The van der Waals surface area contributed by atoms with E-state index in [-0.39, 0.29) is 11.7 Å². The van der Waals surface area contributed by atoms with Gasteiger partial charge in [-0.2, -0.15) is 0 Å². The van der Waals surface area contributed by atoms with E-state index in [9.17, 15) is 4.79 Å². The summed E-state index contributed by atoms with van der Waals surface area (Å²) in [4.78, 5) is 11.8. The molecule has 1 aromatic rings. The predicted molar refractivity (Wildman–Crippen MR) is 58.0 cm³/mol. The van der Waals surface area contributed by atoms with Crippen LogP contribution in [0.3, 0.4) is 0 Å². The number of Topliss-reactive ketones (excluding diaryl/α,β-unsaturated/α-hetero) is 1. The van der Waals surface area contributed by atoms with Crippen molar-refractivity contribution in [3.8, 4) is 12.3 Å². The van der Waals surface area contributed by atoms with Crippen LogP contribution in [-0.4, -0.2) is 5.78 Å². The van der Waals surface area contributed by atoms with Crippen molar-refractivity contribution in [2.24, 2.45) is 5.92 Å². The average molecular weight is 186 g/mol. The summed E-state index contributed by atoms with van der Waals surface area (Å²) in [7, 11) is 0. The first-order valence-electron chi connectivity index (χ1n) is 4.78. The van der Waals surface area contributed by atoms with E-state index >= 15 is 0 Å².